The van der Waals surface area contributed by atoms with Crippen molar-refractivity contribution in [1.82, 2.24) is 0 Å². The summed E-state index contributed by atoms with van der Waals surface area (Å²) in [6, 6.07) is 5.19. The maximum absolute atomic E-state index is 8.65. The molecule has 100 valence electrons. The minimum Gasteiger partial charge on any atom is -0.492 e. The van der Waals surface area contributed by atoms with Crippen LogP contribution in [-0.4, -0.2) is 17.6 Å². The second-order valence-electron chi connectivity index (χ2n) is 4.52. The highest BCUT2D eigenvalue weighted by Gasteiger charge is 2.23. The summed E-state index contributed by atoms with van der Waals surface area (Å²) in [4.78, 5) is 0. The lowest BCUT2D eigenvalue weighted by Crippen LogP contribution is -2.33. The molecule has 1 aromatic rings. The van der Waals surface area contributed by atoms with Gasteiger partial charge in [-0.3, -0.25) is 0 Å². The summed E-state index contributed by atoms with van der Waals surface area (Å²) in [6.45, 7) is 4.12. The highest BCUT2D eigenvalue weighted by atomic mass is 35.5. The number of halogens is 2. The molecule has 6 heteroatoms. The zero-order valence-corrected chi connectivity index (χ0v) is 11.8. The third-order valence-electron chi connectivity index (χ3n) is 2.70. The van der Waals surface area contributed by atoms with E-state index in [-0.39, 0.29) is 5.84 Å². The Kier molecular flexibility index (Phi) is 5.11. The van der Waals surface area contributed by atoms with Crippen molar-refractivity contribution < 1.29 is 9.94 Å². The van der Waals surface area contributed by atoms with Crippen molar-refractivity contribution in [3.05, 3.63) is 28.2 Å². The third kappa shape index (κ3) is 3.68. The number of hydrogen-bond acceptors (Lipinski definition) is 3. The van der Waals surface area contributed by atoms with Crippen molar-refractivity contribution in [3.63, 3.8) is 0 Å². The maximum atomic E-state index is 8.65. The number of ether oxygens (including phenoxy) is 1. The summed E-state index contributed by atoms with van der Waals surface area (Å²) in [5, 5.41) is 12.5. The normalized spacial score (nSPS) is 12.6. The minimum atomic E-state index is -0.445. The van der Waals surface area contributed by atoms with Crippen LogP contribution in [0.3, 0.4) is 0 Å². The summed E-state index contributed by atoms with van der Waals surface area (Å²) >= 11 is 11.9. The third-order valence-corrected chi connectivity index (χ3v) is 3.50. The Morgan fingerprint density at radius 2 is 2.11 bits per heavy atom. The van der Waals surface area contributed by atoms with Gasteiger partial charge in [-0.25, -0.2) is 0 Å². The van der Waals surface area contributed by atoms with Gasteiger partial charge in [-0.15, -0.1) is 0 Å². The first-order chi connectivity index (χ1) is 8.38. The summed E-state index contributed by atoms with van der Waals surface area (Å²) in [5.41, 5.74) is 5.14. The smallest absolute Gasteiger partial charge is 0.144 e. The quantitative estimate of drug-likeness (QED) is 0.377. The number of benzene rings is 1. The molecule has 0 atom stereocenters. The minimum absolute atomic E-state index is 0.170. The van der Waals surface area contributed by atoms with E-state index >= 15 is 0 Å². The van der Waals surface area contributed by atoms with Crippen LogP contribution >= 0.6 is 23.2 Å². The van der Waals surface area contributed by atoms with E-state index in [1.54, 1.807) is 18.2 Å². The fraction of sp³-hybridized carbons (Fsp3) is 0.417. The predicted molar refractivity (Wildman–Crippen MR) is 73.8 cm³/mol. The Morgan fingerprint density at radius 1 is 1.44 bits per heavy atom. The molecule has 1 aromatic carbocycles. The molecule has 0 heterocycles. The fourth-order valence-corrected chi connectivity index (χ4v) is 1.62. The van der Waals surface area contributed by atoms with Crippen LogP contribution in [0, 0.1) is 5.41 Å². The summed E-state index contributed by atoms with van der Waals surface area (Å²) in [6.07, 6.45) is 0.589. The van der Waals surface area contributed by atoms with E-state index in [0.29, 0.717) is 28.8 Å². The van der Waals surface area contributed by atoms with Gasteiger partial charge in [0.05, 0.1) is 11.6 Å². The lowest BCUT2D eigenvalue weighted by Gasteiger charge is -2.22. The van der Waals surface area contributed by atoms with E-state index in [1.165, 1.54) is 0 Å². The van der Waals surface area contributed by atoms with Gasteiger partial charge >= 0.3 is 0 Å². The molecule has 0 aliphatic carbocycles. The molecule has 0 aliphatic heterocycles. The van der Waals surface area contributed by atoms with Crippen LogP contribution in [0.15, 0.2) is 23.4 Å². The SMILES string of the molecule is CC(C)(CCOc1cccc(Cl)c1Cl)C(N)=NO. The van der Waals surface area contributed by atoms with Crippen molar-refractivity contribution >= 4 is 29.0 Å². The largest absolute Gasteiger partial charge is 0.492 e. The molecule has 0 aliphatic rings. The van der Waals surface area contributed by atoms with Gasteiger partial charge in [-0.1, -0.05) is 48.3 Å². The number of amidine groups is 1. The van der Waals surface area contributed by atoms with E-state index in [9.17, 15) is 0 Å². The molecule has 4 nitrogen and oxygen atoms in total. The molecule has 0 radical (unpaired) electrons. The van der Waals surface area contributed by atoms with Crippen LogP contribution in [0.4, 0.5) is 0 Å². The first-order valence-corrected chi connectivity index (χ1v) is 6.19. The van der Waals surface area contributed by atoms with E-state index < -0.39 is 5.41 Å². The van der Waals surface area contributed by atoms with Crippen LogP contribution in [0.5, 0.6) is 5.75 Å². The number of nitrogens with two attached hydrogens (primary N) is 1. The van der Waals surface area contributed by atoms with Gasteiger partial charge in [-0.05, 0) is 18.6 Å². The second-order valence-corrected chi connectivity index (χ2v) is 5.30. The predicted octanol–water partition coefficient (Wildman–Crippen LogP) is 3.53. The lowest BCUT2D eigenvalue weighted by molar-refractivity contribution is 0.259. The zero-order valence-electron chi connectivity index (χ0n) is 10.3. The molecule has 0 bridgehead atoms. The van der Waals surface area contributed by atoms with Crippen LogP contribution in [-0.2, 0) is 0 Å². The number of rotatable bonds is 5. The molecular formula is C12H16Cl2N2O2. The molecular weight excluding hydrogens is 275 g/mol. The molecule has 1 rings (SSSR count). The molecule has 0 amide bonds. The van der Waals surface area contributed by atoms with Gasteiger partial charge in [0.15, 0.2) is 0 Å². The summed E-state index contributed by atoms with van der Waals surface area (Å²) < 4.78 is 5.54. The molecule has 0 fully saturated rings. The van der Waals surface area contributed by atoms with Crippen molar-refractivity contribution in [2.75, 3.05) is 6.61 Å². The van der Waals surface area contributed by atoms with Crippen molar-refractivity contribution in [1.29, 1.82) is 0 Å². The maximum Gasteiger partial charge on any atom is 0.144 e. The average molecular weight is 291 g/mol. The fourth-order valence-electron chi connectivity index (χ4n) is 1.28. The van der Waals surface area contributed by atoms with E-state index in [2.05, 4.69) is 5.16 Å². The van der Waals surface area contributed by atoms with Crippen molar-refractivity contribution in [3.8, 4) is 5.75 Å². The Morgan fingerprint density at radius 3 is 2.72 bits per heavy atom. The van der Waals surface area contributed by atoms with E-state index in [1.807, 2.05) is 13.8 Å². The van der Waals surface area contributed by atoms with Gasteiger partial charge in [0.2, 0.25) is 0 Å². The van der Waals surface area contributed by atoms with Crippen LogP contribution in [0.2, 0.25) is 10.0 Å². The van der Waals surface area contributed by atoms with Gasteiger partial charge in [0.1, 0.15) is 16.6 Å². The number of oxime groups is 1. The standard InChI is InChI=1S/C12H16Cl2N2O2/c1-12(2,11(15)16-17)6-7-18-9-5-3-4-8(13)10(9)14/h3-5,17H,6-7H2,1-2H3,(H2,15,16). The Labute approximate surface area is 116 Å². The molecule has 0 saturated heterocycles. The Balaban J connectivity index is 2.60. The molecule has 0 aromatic heterocycles. The van der Waals surface area contributed by atoms with Crippen LogP contribution in [0.1, 0.15) is 20.3 Å². The molecule has 0 spiro atoms. The summed E-state index contributed by atoms with van der Waals surface area (Å²) in [5.74, 6) is 0.697. The van der Waals surface area contributed by atoms with Crippen molar-refractivity contribution in [2.24, 2.45) is 16.3 Å². The first kappa shape index (κ1) is 14.9. The molecule has 3 N–H and O–H groups in total. The topological polar surface area (TPSA) is 67.8 Å². The van der Waals surface area contributed by atoms with Crippen molar-refractivity contribution in [2.45, 2.75) is 20.3 Å². The molecule has 0 unspecified atom stereocenters. The van der Waals surface area contributed by atoms with Crippen LogP contribution in [0.25, 0.3) is 0 Å². The van der Waals surface area contributed by atoms with E-state index in [4.69, 9.17) is 38.9 Å². The lowest BCUT2D eigenvalue weighted by atomic mass is 9.88. The van der Waals surface area contributed by atoms with Gasteiger partial charge in [-0.2, -0.15) is 0 Å². The van der Waals surface area contributed by atoms with Crippen LogP contribution < -0.4 is 10.5 Å². The Bertz CT molecular complexity index is 448. The first-order valence-electron chi connectivity index (χ1n) is 5.43. The summed E-state index contributed by atoms with van der Waals surface area (Å²) in [7, 11) is 0. The highest BCUT2D eigenvalue weighted by molar-refractivity contribution is 6.42. The van der Waals surface area contributed by atoms with E-state index in [0.717, 1.165) is 0 Å². The highest BCUT2D eigenvalue weighted by Crippen LogP contribution is 2.32. The Hall–Kier alpha value is -1.13. The van der Waals surface area contributed by atoms with Gasteiger partial charge in [0, 0.05) is 5.41 Å². The number of nitrogens with zero attached hydrogens (tertiary/aromatic N) is 1. The van der Waals surface area contributed by atoms with Gasteiger partial charge < -0.3 is 15.7 Å². The second kappa shape index (κ2) is 6.16. The molecule has 18 heavy (non-hydrogen) atoms. The monoisotopic (exact) mass is 290 g/mol. The average Bonchev–Trinajstić information content (AvgIpc) is 2.33. The zero-order chi connectivity index (χ0) is 13.8. The number of hydrogen-bond donors (Lipinski definition) is 2. The van der Waals surface area contributed by atoms with Gasteiger partial charge in [0.25, 0.3) is 0 Å². The molecule has 0 saturated carbocycles.